The van der Waals surface area contributed by atoms with Gasteiger partial charge in [-0.3, -0.25) is 4.79 Å². The van der Waals surface area contributed by atoms with Crippen molar-refractivity contribution in [2.75, 3.05) is 11.9 Å². The van der Waals surface area contributed by atoms with Crippen LogP contribution in [0.3, 0.4) is 0 Å². The standard InChI is InChI=1S/C17H12ClIN2O3/c18-15-10-5-1-3-7-12(10)21-16(15)17(23)24-9-14(22)20-13-8-4-2-6-11(13)19/h1-8,21H,9H2,(H,20,22). The molecule has 0 aliphatic rings. The zero-order valence-electron chi connectivity index (χ0n) is 12.3. The molecule has 0 unspecified atom stereocenters. The van der Waals surface area contributed by atoms with Crippen molar-refractivity contribution < 1.29 is 14.3 Å². The van der Waals surface area contributed by atoms with Gasteiger partial charge >= 0.3 is 5.97 Å². The summed E-state index contributed by atoms with van der Waals surface area (Å²) < 4.78 is 5.94. The van der Waals surface area contributed by atoms with Crippen LogP contribution in [0.1, 0.15) is 10.5 Å². The Bertz CT molecular complexity index is 923. The van der Waals surface area contributed by atoms with Crippen molar-refractivity contribution in [1.82, 2.24) is 4.98 Å². The second-order valence-electron chi connectivity index (χ2n) is 4.96. The number of carbonyl (C=O) groups excluding carboxylic acids is 2. The zero-order chi connectivity index (χ0) is 17.1. The largest absolute Gasteiger partial charge is 0.451 e. The highest BCUT2D eigenvalue weighted by Crippen LogP contribution is 2.27. The Balaban J connectivity index is 1.65. The van der Waals surface area contributed by atoms with Gasteiger partial charge in [-0.2, -0.15) is 0 Å². The average Bonchev–Trinajstić information content (AvgIpc) is 2.92. The van der Waals surface area contributed by atoms with Crippen LogP contribution in [-0.4, -0.2) is 23.5 Å². The maximum Gasteiger partial charge on any atom is 0.356 e. The molecule has 0 radical (unpaired) electrons. The van der Waals surface area contributed by atoms with Crippen LogP contribution in [-0.2, 0) is 9.53 Å². The first-order valence-electron chi connectivity index (χ1n) is 7.04. The minimum Gasteiger partial charge on any atom is -0.451 e. The summed E-state index contributed by atoms with van der Waals surface area (Å²) in [5.74, 6) is -1.09. The van der Waals surface area contributed by atoms with Gasteiger partial charge in [0.1, 0.15) is 5.69 Å². The molecule has 5 nitrogen and oxygen atoms in total. The van der Waals surface area contributed by atoms with Gasteiger partial charge in [0.25, 0.3) is 5.91 Å². The van der Waals surface area contributed by atoms with Crippen molar-refractivity contribution in [3.05, 3.63) is 62.8 Å². The van der Waals surface area contributed by atoms with Crippen molar-refractivity contribution in [3.8, 4) is 0 Å². The number of ether oxygens (including phenoxy) is 1. The summed E-state index contributed by atoms with van der Waals surface area (Å²) in [5, 5.41) is 3.71. The van der Waals surface area contributed by atoms with E-state index in [9.17, 15) is 9.59 Å². The van der Waals surface area contributed by atoms with Gasteiger partial charge in [0.05, 0.1) is 10.7 Å². The molecule has 2 aromatic carbocycles. The third kappa shape index (κ3) is 3.54. The zero-order valence-corrected chi connectivity index (χ0v) is 15.2. The third-order valence-electron chi connectivity index (χ3n) is 3.33. The molecular formula is C17H12ClIN2O3. The number of nitrogens with one attached hydrogen (secondary N) is 2. The topological polar surface area (TPSA) is 71.2 Å². The fourth-order valence-electron chi connectivity index (χ4n) is 2.20. The van der Waals surface area contributed by atoms with E-state index in [0.717, 1.165) is 14.5 Å². The second-order valence-corrected chi connectivity index (χ2v) is 6.50. The quantitative estimate of drug-likeness (QED) is 0.458. The predicted molar refractivity (Wildman–Crippen MR) is 101 cm³/mol. The van der Waals surface area contributed by atoms with Gasteiger partial charge in [-0.25, -0.2) is 4.79 Å². The highest BCUT2D eigenvalue weighted by Gasteiger charge is 2.18. The van der Waals surface area contributed by atoms with Crippen LogP contribution in [0.5, 0.6) is 0 Å². The summed E-state index contributed by atoms with van der Waals surface area (Å²) in [6.07, 6.45) is 0. The molecule has 3 aromatic rings. The first kappa shape index (κ1) is 16.8. The van der Waals surface area contributed by atoms with Crippen LogP contribution in [0.2, 0.25) is 5.02 Å². The van der Waals surface area contributed by atoms with Crippen LogP contribution < -0.4 is 5.32 Å². The summed E-state index contributed by atoms with van der Waals surface area (Å²) in [6, 6.07) is 14.6. The lowest BCUT2D eigenvalue weighted by atomic mass is 10.2. The number of aromatic nitrogens is 1. The second kappa shape index (κ2) is 7.23. The van der Waals surface area contributed by atoms with E-state index < -0.39 is 18.5 Å². The highest BCUT2D eigenvalue weighted by atomic mass is 127. The summed E-state index contributed by atoms with van der Waals surface area (Å²) in [4.78, 5) is 27.0. The molecule has 0 saturated carbocycles. The molecule has 0 spiro atoms. The number of carbonyl (C=O) groups is 2. The number of fused-ring (bicyclic) bond motifs is 1. The van der Waals surface area contributed by atoms with Crippen LogP contribution in [0, 0.1) is 3.57 Å². The molecule has 0 saturated heterocycles. The highest BCUT2D eigenvalue weighted by molar-refractivity contribution is 14.1. The van der Waals surface area contributed by atoms with E-state index in [0.29, 0.717) is 5.69 Å². The van der Waals surface area contributed by atoms with Crippen LogP contribution in [0.4, 0.5) is 5.69 Å². The number of rotatable bonds is 4. The minimum atomic E-state index is -0.672. The lowest BCUT2D eigenvalue weighted by molar-refractivity contribution is -0.119. The number of anilines is 1. The van der Waals surface area contributed by atoms with Gasteiger partial charge in [0, 0.05) is 14.5 Å². The molecular weight excluding hydrogens is 443 g/mol. The van der Waals surface area contributed by atoms with Gasteiger partial charge in [-0.15, -0.1) is 0 Å². The Kier molecular flexibility index (Phi) is 5.06. The number of halogens is 2. The summed E-state index contributed by atoms with van der Waals surface area (Å²) in [6.45, 7) is -0.393. The molecule has 24 heavy (non-hydrogen) atoms. The first-order chi connectivity index (χ1) is 11.6. The van der Waals surface area contributed by atoms with Gasteiger partial charge in [-0.1, -0.05) is 41.9 Å². The third-order valence-corrected chi connectivity index (χ3v) is 4.66. The van der Waals surface area contributed by atoms with E-state index in [1.807, 2.05) is 36.4 Å². The molecule has 0 fully saturated rings. The first-order valence-corrected chi connectivity index (χ1v) is 8.49. The van der Waals surface area contributed by atoms with E-state index in [1.165, 1.54) is 0 Å². The number of benzene rings is 2. The smallest absolute Gasteiger partial charge is 0.356 e. The summed E-state index contributed by atoms with van der Waals surface area (Å²) >= 11 is 8.30. The van der Waals surface area contributed by atoms with Crippen molar-refractivity contribution in [3.63, 3.8) is 0 Å². The summed E-state index contributed by atoms with van der Waals surface area (Å²) in [7, 11) is 0. The maximum atomic E-state index is 12.1. The van der Waals surface area contributed by atoms with E-state index in [2.05, 4.69) is 32.9 Å². The molecule has 0 aliphatic heterocycles. The number of H-pyrrole nitrogens is 1. The minimum absolute atomic E-state index is 0.139. The normalized spacial score (nSPS) is 10.6. The van der Waals surface area contributed by atoms with Crippen molar-refractivity contribution in [2.45, 2.75) is 0 Å². The van der Waals surface area contributed by atoms with Gasteiger partial charge in [0.2, 0.25) is 0 Å². The van der Waals surface area contributed by atoms with E-state index in [1.54, 1.807) is 12.1 Å². The van der Waals surface area contributed by atoms with Crippen molar-refractivity contribution in [2.24, 2.45) is 0 Å². The van der Waals surface area contributed by atoms with E-state index in [4.69, 9.17) is 16.3 Å². The Hall–Kier alpha value is -2.06. The average molecular weight is 455 g/mol. The fourth-order valence-corrected chi connectivity index (χ4v) is 3.01. The van der Waals surface area contributed by atoms with Crippen LogP contribution in [0.15, 0.2) is 48.5 Å². The lowest BCUT2D eigenvalue weighted by Gasteiger charge is -2.07. The lowest BCUT2D eigenvalue weighted by Crippen LogP contribution is -2.21. The van der Waals surface area contributed by atoms with E-state index >= 15 is 0 Å². The molecule has 1 aromatic heterocycles. The van der Waals surface area contributed by atoms with Gasteiger partial charge in [-0.05, 0) is 40.8 Å². The Morgan fingerprint density at radius 1 is 1.12 bits per heavy atom. The molecule has 0 aliphatic carbocycles. The Morgan fingerprint density at radius 2 is 1.83 bits per heavy atom. The molecule has 0 bridgehead atoms. The summed E-state index contributed by atoms with van der Waals surface area (Å²) in [5.41, 5.74) is 1.54. The fraction of sp³-hybridized carbons (Fsp3) is 0.0588. The number of para-hydroxylation sites is 2. The number of amides is 1. The number of hydrogen-bond acceptors (Lipinski definition) is 3. The molecule has 1 amide bonds. The molecule has 1 heterocycles. The van der Waals surface area contributed by atoms with Crippen molar-refractivity contribution >= 4 is 62.7 Å². The van der Waals surface area contributed by atoms with Gasteiger partial charge < -0.3 is 15.0 Å². The molecule has 7 heteroatoms. The van der Waals surface area contributed by atoms with Crippen LogP contribution >= 0.6 is 34.2 Å². The van der Waals surface area contributed by atoms with Crippen molar-refractivity contribution in [1.29, 1.82) is 0 Å². The van der Waals surface area contributed by atoms with Gasteiger partial charge in [0.15, 0.2) is 6.61 Å². The Labute approximate surface area is 156 Å². The number of aromatic amines is 1. The maximum absolute atomic E-state index is 12.1. The molecule has 122 valence electrons. The number of hydrogen-bond donors (Lipinski definition) is 2. The van der Waals surface area contributed by atoms with E-state index in [-0.39, 0.29) is 10.7 Å². The predicted octanol–water partition coefficient (Wildman–Crippen LogP) is 4.22. The molecule has 3 rings (SSSR count). The molecule has 2 N–H and O–H groups in total. The monoisotopic (exact) mass is 454 g/mol. The Morgan fingerprint density at radius 3 is 2.58 bits per heavy atom. The SMILES string of the molecule is O=C(COC(=O)c1[nH]c2ccccc2c1Cl)Nc1ccccc1I. The molecule has 0 atom stereocenters. The number of esters is 1. The van der Waals surface area contributed by atoms with Crippen LogP contribution in [0.25, 0.3) is 10.9 Å².